The Labute approximate surface area is 224 Å². The number of rotatable bonds is 6. The van der Waals surface area contributed by atoms with E-state index in [1.807, 2.05) is 90.5 Å². The van der Waals surface area contributed by atoms with Crippen molar-refractivity contribution in [2.45, 2.75) is 19.5 Å². The summed E-state index contributed by atoms with van der Waals surface area (Å²) >= 11 is 0. The molecule has 6 rings (SSSR count). The van der Waals surface area contributed by atoms with E-state index in [-0.39, 0.29) is 18.3 Å². The van der Waals surface area contributed by atoms with Gasteiger partial charge in [-0.2, -0.15) is 0 Å². The number of carbonyl (C=O) groups is 1. The lowest BCUT2D eigenvalue weighted by molar-refractivity contribution is -0.116. The van der Waals surface area contributed by atoms with Gasteiger partial charge >= 0.3 is 6.01 Å². The highest BCUT2D eigenvalue weighted by molar-refractivity contribution is 6.17. The number of fused-ring (bicyclic) bond motifs is 1. The number of carbonyl (C=O) groups excluding carboxylic acids is 1. The molecule has 0 fully saturated rings. The van der Waals surface area contributed by atoms with Crippen LogP contribution >= 0.6 is 0 Å². The maximum Gasteiger partial charge on any atom is 0.317 e. The zero-order valence-electron chi connectivity index (χ0n) is 21.3. The molecule has 0 spiro atoms. The number of nitrogens with zero attached hydrogens (tertiary/aromatic N) is 5. The normalized spacial score (nSPS) is 16.3. The third-order valence-corrected chi connectivity index (χ3v) is 6.30. The molecule has 0 saturated carbocycles. The van der Waals surface area contributed by atoms with Gasteiger partial charge in [-0.3, -0.25) is 9.79 Å². The van der Waals surface area contributed by atoms with Crippen molar-refractivity contribution < 1.29 is 13.9 Å². The van der Waals surface area contributed by atoms with E-state index < -0.39 is 6.17 Å². The van der Waals surface area contributed by atoms with Gasteiger partial charge in [0, 0.05) is 22.9 Å². The van der Waals surface area contributed by atoms with E-state index >= 15 is 0 Å². The summed E-state index contributed by atoms with van der Waals surface area (Å²) in [6, 6.07) is 23.2. The standard InChI is InChI=1S/C29H25N7O3/c1-18-16-36(17-30-18)23-13-12-20(14-24(23)38-2)28-34-35-29(39-28)33-25-15-26(37)31-22-11-7-6-10-21(22)27(32-25)19-8-4-3-5-9-19/h3-14,16-17,25H,15H2,1-2H3,(H,31,37)(H,33,35)/b32-27-. The molecule has 3 aromatic carbocycles. The first-order valence-corrected chi connectivity index (χ1v) is 12.4. The molecule has 10 heteroatoms. The molecule has 1 aliphatic rings. The number of methoxy groups -OCH3 is 1. The number of amides is 1. The molecule has 0 radical (unpaired) electrons. The molecule has 0 saturated heterocycles. The van der Waals surface area contributed by atoms with Crippen molar-refractivity contribution >= 4 is 23.3 Å². The fourth-order valence-electron chi connectivity index (χ4n) is 4.47. The summed E-state index contributed by atoms with van der Waals surface area (Å²) in [6.45, 7) is 1.93. The first-order chi connectivity index (χ1) is 19.1. The van der Waals surface area contributed by atoms with E-state index in [4.69, 9.17) is 14.1 Å². The summed E-state index contributed by atoms with van der Waals surface area (Å²) in [4.78, 5) is 22.0. The van der Waals surface area contributed by atoms with Gasteiger partial charge in [-0.25, -0.2) is 4.98 Å². The van der Waals surface area contributed by atoms with Gasteiger partial charge < -0.3 is 24.4 Å². The van der Waals surface area contributed by atoms with Crippen molar-refractivity contribution in [1.29, 1.82) is 0 Å². The van der Waals surface area contributed by atoms with Crippen LogP contribution in [-0.4, -0.2) is 44.6 Å². The fraction of sp³-hybridized carbons (Fsp3) is 0.138. The van der Waals surface area contributed by atoms with E-state index in [0.29, 0.717) is 22.9 Å². The van der Waals surface area contributed by atoms with Gasteiger partial charge in [-0.1, -0.05) is 53.6 Å². The minimum absolute atomic E-state index is 0.0786. The molecule has 1 atom stereocenters. The van der Waals surface area contributed by atoms with Crippen LogP contribution in [0.2, 0.25) is 0 Å². The second-order valence-electron chi connectivity index (χ2n) is 9.02. The Bertz CT molecular complexity index is 1670. The number of hydrogen-bond acceptors (Lipinski definition) is 8. The average Bonchev–Trinajstić information content (AvgIpc) is 3.60. The summed E-state index contributed by atoms with van der Waals surface area (Å²) in [7, 11) is 1.60. The molecule has 1 aliphatic heterocycles. The van der Waals surface area contributed by atoms with Gasteiger partial charge in [0.2, 0.25) is 11.8 Å². The third kappa shape index (κ3) is 4.99. The number of imidazole rings is 1. The van der Waals surface area contributed by atoms with Crippen molar-refractivity contribution in [2.75, 3.05) is 17.7 Å². The van der Waals surface area contributed by atoms with Gasteiger partial charge in [-0.05, 0) is 31.2 Å². The summed E-state index contributed by atoms with van der Waals surface area (Å²) in [6.07, 6.45) is 3.09. The molecule has 0 bridgehead atoms. The van der Waals surface area contributed by atoms with Crippen LogP contribution in [0.5, 0.6) is 5.75 Å². The van der Waals surface area contributed by atoms with Crippen LogP contribution in [0.3, 0.4) is 0 Å². The lowest BCUT2D eigenvalue weighted by Crippen LogP contribution is -2.29. The van der Waals surface area contributed by atoms with Crippen molar-refractivity contribution in [3.05, 3.63) is 102 Å². The molecule has 3 heterocycles. The monoisotopic (exact) mass is 519 g/mol. The third-order valence-electron chi connectivity index (χ3n) is 6.30. The molecule has 2 aromatic heterocycles. The van der Waals surface area contributed by atoms with Crippen LogP contribution < -0.4 is 15.4 Å². The van der Waals surface area contributed by atoms with E-state index in [0.717, 1.165) is 28.2 Å². The largest absolute Gasteiger partial charge is 0.495 e. The molecule has 1 amide bonds. The lowest BCUT2D eigenvalue weighted by atomic mass is 9.99. The highest BCUT2D eigenvalue weighted by Gasteiger charge is 2.23. The zero-order chi connectivity index (χ0) is 26.8. The number of aryl methyl sites for hydroxylation is 1. The Hall–Kier alpha value is -5.25. The summed E-state index contributed by atoms with van der Waals surface area (Å²) in [5, 5.41) is 14.5. The highest BCUT2D eigenvalue weighted by atomic mass is 16.5. The molecule has 5 aromatic rings. The Morgan fingerprint density at radius 2 is 1.85 bits per heavy atom. The number of hydrogen-bond donors (Lipinski definition) is 2. The molecule has 39 heavy (non-hydrogen) atoms. The maximum atomic E-state index is 12.8. The summed E-state index contributed by atoms with van der Waals surface area (Å²) in [5.41, 5.74) is 5.65. The van der Waals surface area contributed by atoms with Gasteiger partial charge in [0.25, 0.3) is 0 Å². The number of benzene rings is 3. The second kappa shape index (κ2) is 10.3. The average molecular weight is 520 g/mol. The predicted octanol–water partition coefficient (Wildman–Crippen LogP) is 4.86. The molecule has 2 N–H and O–H groups in total. The number of ether oxygens (including phenoxy) is 1. The lowest BCUT2D eigenvalue weighted by Gasteiger charge is -2.21. The van der Waals surface area contributed by atoms with Gasteiger partial charge in [0.05, 0.1) is 42.6 Å². The van der Waals surface area contributed by atoms with Crippen LogP contribution in [0.15, 0.2) is 94.7 Å². The molecule has 0 aliphatic carbocycles. The van der Waals surface area contributed by atoms with Crippen LogP contribution in [0.25, 0.3) is 17.1 Å². The van der Waals surface area contributed by atoms with E-state index in [1.165, 1.54) is 0 Å². The van der Waals surface area contributed by atoms with E-state index in [9.17, 15) is 4.79 Å². The minimum atomic E-state index is -0.636. The van der Waals surface area contributed by atoms with Crippen LogP contribution in [0.1, 0.15) is 23.2 Å². The molecule has 1 unspecified atom stereocenters. The number of nitrogens with one attached hydrogen (secondary N) is 2. The first-order valence-electron chi connectivity index (χ1n) is 12.4. The van der Waals surface area contributed by atoms with Crippen molar-refractivity contribution in [3.63, 3.8) is 0 Å². The smallest absolute Gasteiger partial charge is 0.317 e. The van der Waals surface area contributed by atoms with E-state index in [2.05, 4.69) is 25.8 Å². The van der Waals surface area contributed by atoms with E-state index in [1.54, 1.807) is 13.4 Å². The molecular weight excluding hydrogens is 494 g/mol. The Balaban J connectivity index is 1.31. The van der Waals surface area contributed by atoms with Gasteiger partial charge in [-0.15, -0.1) is 5.10 Å². The van der Waals surface area contributed by atoms with Crippen LogP contribution in [0, 0.1) is 6.92 Å². The van der Waals surface area contributed by atoms with Crippen LogP contribution in [0.4, 0.5) is 11.7 Å². The van der Waals surface area contributed by atoms with Gasteiger partial charge in [0.15, 0.2) is 0 Å². The molecule has 10 nitrogen and oxygen atoms in total. The SMILES string of the molecule is COc1cc(-c2nnc(NC3CC(=O)Nc4ccccc4/C(c4ccccc4)=N\3)o2)ccc1-n1cnc(C)c1. The van der Waals surface area contributed by atoms with Crippen molar-refractivity contribution in [1.82, 2.24) is 19.7 Å². The fourth-order valence-corrected chi connectivity index (χ4v) is 4.47. The van der Waals surface area contributed by atoms with Crippen molar-refractivity contribution in [2.24, 2.45) is 4.99 Å². The first kappa shape index (κ1) is 24.1. The predicted molar refractivity (Wildman–Crippen MR) is 147 cm³/mol. The summed E-state index contributed by atoms with van der Waals surface area (Å²) < 4.78 is 13.4. The number of aromatic nitrogens is 4. The zero-order valence-corrected chi connectivity index (χ0v) is 21.3. The molecular formula is C29H25N7O3. The number of anilines is 2. The number of para-hydroxylation sites is 1. The Kier molecular flexibility index (Phi) is 6.34. The Morgan fingerprint density at radius 1 is 1.03 bits per heavy atom. The summed E-state index contributed by atoms with van der Waals surface area (Å²) in [5.74, 6) is 0.757. The van der Waals surface area contributed by atoms with Gasteiger partial charge in [0.1, 0.15) is 11.9 Å². The topological polar surface area (TPSA) is 119 Å². The minimum Gasteiger partial charge on any atom is -0.495 e. The Morgan fingerprint density at radius 3 is 2.64 bits per heavy atom. The van der Waals surface area contributed by atoms with Crippen molar-refractivity contribution in [3.8, 4) is 22.9 Å². The second-order valence-corrected chi connectivity index (χ2v) is 9.02. The van der Waals surface area contributed by atoms with Crippen LogP contribution in [-0.2, 0) is 4.79 Å². The maximum absolute atomic E-state index is 12.8. The highest BCUT2D eigenvalue weighted by Crippen LogP contribution is 2.30. The quantitative estimate of drug-likeness (QED) is 0.329. The molecule has 194 valence electrons. The number of aliphatic imine (C=N–C) groups is 1.